The lowest BCUT2D eigenvalue weighted by atomic mass is 10.1. The molecule has 5 nitrogen and oxygen atoms in total. The molecule has 0 unspecified atom stereocenters. The van der Waals surface area contributed by atoms with E-state index in [1.807, 2.05) is 18.2 Å². The number of carbonyl (C=O) groups excluding carboxylic acids is 1. The van der Waals surface area contributed by atoms with E-state index in [0.29, 0.717) is 22.6 Å². The van der Waals surface area contributed by atoms with Crippen molar-refractivity contribution in [3.8, 4) is 0 Å². The first-order valence-electron chi connectivity index (χ1n) is 8.43. The third-order valence-corrected chi connectivity index (χ3v) is 3.71. The third kappa shape index (κ3) is 5.95. The van der Waals surface area contributed by atoms with E-state index >= 15 is 0 Å². The van der Waals surface area contributed by atoms with Crippen LogP contribution >= 0.6 is 0 Å². The second kappa shape index (κ2) is 8.71. The molecule has 3 aromatic rings. The summed E-state index contributed by atoms with van der Waals surface area (Å²) in [4.78, 5) is 16.1. The van der Waals surface area contributed by atoms with Crippen molar-refractivity contribution in [3.05, 3.63) is 71.6 Å². The second-order valence-corrected chi connectivity index (χ2v) is 6.00. The van der Waals surface area contributed by atoms with Crippen molar-refractivity contribution in [3.63, 3.8) is 0 Å². The molecule has 146 valence electrons. The van der Waals surface area contributed by atoms with Crippen molar-refractivity contribution in [1.29, 1.82) is 0 Å². The molecule has 1 N–H and O–H groups in total. The van der Waals surface area contributed by atoms with Crippen LogP contribution in [0.15, 0.2) is 59.0 Å². The zero-order valence-corrected chi connectivity index (χ0v) is 14.7. The molecule has 1 amide bonds. The van der Waals surface area contributed by atoms with E-state index in [2.05, 4.69) is 15.0 Å². The number of oxazole rings is 1. The SMILES string of the molecule is O=C(/C=C/c1nc2ccccc2o1)NCc1ccc(COCC(F)(F)F)cc1. The summed E-state index contributed by atoms with van der Waals surface area (Å²) >= 11 is 0. The van der Waals surface area contributed by atoms with Crippen LogP contribution < -0.4 is 5.32 Å². The summed E-state index contributed by atoms with van der Waals surface area (Å²) in [5.41, 5.74) is 2.78. The minimum atomic E-state index is -4.34. The highest BCUT2D eigenvalue weighted by Gasteiger charge is 2.27. The molecule has 0 aliphatic heterocycles. The lowest BCUT2D eigenvalue weighted by Crippen LogP contribution is -2.20. The van der Waals surface area contributed by atoms with Gasteiger partial charge in [-0.2, -0.15) is 13.2 Å². The monoisotopic (exact) mass is 390 g/mol. The molecular formula is C20H17F3N2O3. The molecule has 0 bridgehead atoms. The van der Waals surface area contributed by atoms with Gasteiger partial charge in [0.05, 0.1) is 6.61 Å². The van der Waals surface area contributed by atoms with E-state index in [-0.39, 0.29) is 19.1 Å². The molecule has 0 aliphatic carbocycles. The molecule has 0 fully saturated rings. The first-order chi connectivity index (χ1) is 13.4. The van der Waals surface area contributed by atoms with Gasteiger partial charge in [0, 0.05) is 18.7 Å². The van der Waals surface area contributed by atoms with E-state index < -0.39 is 12.8 Å². The average Bonchev–Trinajstić information content (AvgIpc) is 3.08. The fourth-order valence-electron chi connectivity index (χ4n) is 2.39. The number of halogens is 3. The normalized spacial score (nSPS) is 12.0. The fraction of sp³-hybridized carbons (Fsp3) is 0.200. The Kier molecular flexibility index (Phi) is 6.10. The number of benzene rings is 2. The summed E-state index contributed by atoms with van der Waals surface area (Å²) in [5.74, 6) is 0.0133. The quantitative estimate of drug-likeness (QED) is 0.613. The number of rotatable bonds is 7. The number of fused-ring (bicyclic) bond motifs is 1. The molecule has 28 heavy (non-hydrogen) atoms. The summed E-state index contributed by atoms with van der Waals surface area (Å²) in [6.45, 7) is -1.13. The third-order valence-electron chi connectivity index (χ3n) is 3.71. The lowest BCUT2D eigenvalue weighted by Gasteiger charge is -2.08. The maximum atomic E-state index is 12.0. The van der Waals surface area contributed by atoms with Crippen LogP contribution in [0.4, 0.5) is 13.2 Å². The Labute approximate surface area is 158 Å². The number of ether oxygens (including phenoxy) is 1. The second-order valence-electron chi connectivity index (χ2n) is 6.00. The van der Waals surface area contributed by atoms with Gasteiger partial charge in [-0.05, 0) is 23.3 Å². The van der Waals surface area contributed by atoms with E-state index in [1.165, 1.54) is 12.2 Å². The van der Waals surface area contributed by atoms with Gasteiger partial charge in [-0.3, -0.25) is 4.79 Å². The van der Waals surface area contributed by atoms with Crippen molar-refractivity contribution >= 4 is 23.1 Å². The van der Waals surface area contributed by atoms with E-state index in [9.17, 15) is 18.0 Å². The van der Waals surface area contributed by atoms with Crippen molar-refractivity contribution < 1.29 is 27.1 Å². The van der Waals surface area contributed by atoms with Gasteiger partial charge in [0.25, 0.3) is 0 Å². The molecular weight excluding hydrogens is 373 g/mol. The van der Waals surface area contributed by atoms with Crippen LogP contribution in [0, 0.1) is 0 Å². The Morgan fingerprint density at radius 2 is 1.82 bits per heavy atom. The predicted molar refractivity (Wildman–Crippen MR) is 97.0 cm³/mol. The zero-order chi connectivity index (χ0) is 20.0. The van der Waals surface area contributed by atoms with Crippen molar-refractivity contribution in [2.45, 2.75) is 19.3 Å². The summed E-state index contributed by atoms with van der Waals surface area (Å²) in [5, 5.41) is 2.71. The summed E-state index contributed by atoms with van der Waals surface area (Å²) in [6.07, 6.45) is -1.53. The van der Waals surface area contributed by atoms with Gasteiger partial charge in [0.2, 0.25) is 11.8 Å². The van der Waals surface area contributed by atoms with Crippen LogP contribution in [-0.2, 0) is 22.7 Å². The van der Waals surface area contributed by atoms with Crippen LogP contribution in [0.2, 0.25) is 0 Å². The molecule has 3 rings (SSSR count). The zero-order valence-electron chi connectivity index (χ0n) is 14.7. The molecule has 0 saturated heterocycles. The van der Waals surface area contributed by atoms with Crippen molar-refractivity contribution in [2.75, 3.05) is 6.61 Å². The number of para-hydroxylation sites is 2. The van der Waals surface area contributed by atoms with E-state index in [0.717, 1.165) is 5.56 Å². The Balaban J connectivity index is 1.46. The number of carbonyl (C=O) groups is 1. The average molecular weight is 390 g/mol. The molecule has 8 heteroatoms. The minimum absolute atomic E-state index is 0.126. The maximum Gasteiger partial charge on any atom is 0.411 e. The number of hydrogen-bond donors (Lipinski definition) is 1. The first kappa shape index (κ1) is 19.6. The minimum Gasteiger partial charge on any atom is -0.437 e. The van der Waals surface area contributed by atoms with Gasteiger partial charge in [-0.25, -0.2) is 4.98 Å². The van der Waals surface area contributed by atoms with Gasteiger partial charge < -0.3 is 14.5 Å². The highest BCUT2D eigenvalue weighted by Crippen LogP contribution is 2.16. The standard InChI is InChI=1S/C20H17F3N2O3/c21-20(22,23)13-27-12-15-7-5-14(6-8-15)11-24-18(26)9-10-19-25-16-3-1-2-4-17(16)28-19/h1-10H,11-13H2,(H,24,26)/b10-9+. The number of aromatic nitrogens is 1. The maximum absolute atomic E-state index is 12.0. The van der Waals surface area contributed by atoms with Crippen LogP contribution in [0.5, 0.6) is 0 Å². The topological polar surface area (TPSA) is 64.4 Å². The lowest BCUT2D eigenvalue weighted by molar-refractivity contribution is -0.176. The van der Waals surface area contributed by atoms with Crippen LogP contribution in [0.3, 0.4) is 0 Å². The largest absolute Gasteiger partial charge is 0.437 e. The molecule has 0 atom stereocenters. The first-order valence-corrected chi connectivity index (χ1v) is 8.43. The van der Waals surface area contributed by atoms with E-state index in [4.69, 9.17) is 4.42 Å². The van der Waals surface area contributed by atoms with Crippen LogP contribution in [0.25, 0.3) is 17.2 Å². The molecule has 0 aliphatic rings. The number of hydrogen-bond acceptors (Lipinski definition) is 4. The molecule has 0 radical (unpaired) electrons. The predicted octanol–water partition coefficient (Wildman–Crippen LogP) is 4.24. The fourth-order valence-corrected chi connectivity index (χ4v) is 2.39. The molecule has 1 heterocycles. The van der Waals surface area contributed by atoms with E-state index in [1.54, 1.807) is 30.3 Å². The molecule has 0 spiro atoms. The van der Waals surface area contributed by atoms with Gasteiger partial charge in [-0.15, -0.1) is 0 Å². The summed E-state index contributed by atoms with van der Waals surface area (Å²) in [6, 6.07) is 14.0. The van der Waals surface area contributed by atoms with Gasteiger partial charge in [0.15, 0.2) is 5.58 Å². The number of nitrogens with one attached hydrogen (secondary N) is 1. The molecule has 2 aromatic carbocycles. The Morgan fingerprint density at radius 1 is 1.11 bits per heavy atom. The highest BCUT2D eigenvalue weighted by atomic mass is 19.4. The summed E-state index contributed by atoms with van der Waals surface area (Å²) in [7, 11) is 0. The summed E-state index contributed by atoms with van der Waals surface area (Å²) < 4.78 is 46.2. The van der Waals surface area contributed by atoms with Gasteiger partial charge in [-0.1, -0.05) is 36.4 Å². The van der Waals surface area contributed by atoms with Crippen LogP contribution in [0.1, 0.15) is 17.0 Å². The Morgan fingerprint density at radius 3 is 2.54 bits per heavy atom. The number of nitrogens with zero attached hydrogens (tertiary/aromatic N) is 1. The smallest absolute Gasteiger partial charge is 0.411 e. The van der Waals surface area contributed by atoms with Crippen LogP contribution in [-0.4, -0.2) is 23.7 Å². The van der Waals surface area contributed by atoms with Gasteiger partial charge >= 0.3 is 6.18 Å². The van der Waals surface area contributed by atoms with Crippen molar-refractivity contribution in [2.24, 2.45) is 0 Å². The number of alkyl halides is 3. The van der Waals surface area contributed by atoms with Crippen molar-refractivity contribution in [1.82, 2.24) is 10.3 Å². The number of amides is 1. The van der Waals surface area contributed by atoms with Gasteiger partial charge in [0.1, 0.15) is 12.1 Å². The molecule has 0 saturated carbocycles. The Hall–Kier alpha value is -3.13. The highest BCUT2D eigenvalue weighted by molar-refractivity contribution is 5.91. The molecule has 1 aromatic heterocycles. The Bertz CT molecular complexity index is 930.